The fraction of sp³-hybridized carbons (Fsp3) is 0.304. The number of hydrogen-bond acceptors (Lipinski definition) is 3. The van der Waals surface area contributed by atoms with Crippen LogP contribution in [-0.4, -0.2) is 37.8 Å². The third-order valence-electron chi connectivity index (χ3n) is 4.63. The first-order chi connectivity index (χ1) is 14.4. The van der Waals surface area contributed by atoms with Gasteiger partial charge in [0.25, 0.3) is 0 Å². The molecule has 0 bridgehead atoms. The molecule has 0 radical (unpaired) electrons. The van der Waals surface area contributed by atoms with Crippen molar-refractivity contribution in [3.63, 3.8) is 0 Å². The van der Waals surface area contributed by atoms with Gasteiger partial charge in [-0.2, -0.15) is 0 Å². The number of urea groups is 1. The van der Waals surface area contributed by atoms with Crippen LogP contribution in [0.1, 0.15) is 31.7 Å². The Labute approximate surface area is 176 Å². The van der Waals surface area contributed by atoms with Crippen molar-refractivity contribution in [1.82, 2.24) is 5.32 Å². The highest BCUT2D eigenvalue weighted by Gasteiger charge is 2.13. The number of amides is 2. The van der Waals surface area contributed by atoms with Crippen molar-refractivity contribution >= 4 is 23.8 Å². The molecule has 0 heterocycles. The molecule has 0 saturated carbocycles. The van der Waals surface area contributed by atoms with E-state index >= 15 is 0 Å². The first kappa shape index (κ1) is 22.9. The third kappa shape index (κ3) is 6.07. The van der Waals surface area contributed by atoms with E-state index in [1.54, 1.807) is 43.4 Å². The SMILES string of the molecule is CCCCCNC(=O)N(C)c1cccc(-c2ccc(/C=C(/OC)C(=O)O)cc2F)c1. The molecule has 2 amide bonds. The van der Waals surface area contributed by atoms with Crippen molar-refractivity contribution in [3.05, 3.63) is 59.6 Å². The quantitative estimate of drug-likeness (QED) is 0.347. The lowest BCUT2D eigenvalue weighted by molar-refractivity contribution is -0.135. The molecule has 2 aromatic rings. The van der Waals surface area contributed by atoms with Crippen LogP contribution in [0.5, 0.6) is 0 Å². The normalized spacial score (nSPS) is 11.1. The lowest BCUT2D eigenvalue weighted by Crippen LogP contribution is -2.37. The Kier molecular flexibility index (Phi) is 8.41. The Morgan fingerprint density at radius 2 is 1.97 bits per heavy atom. The summed E-state index contributed by atoms with van der Waals surface area (Å²) in [6.07, 6.45) is 4.32. The van der Waals surface area contributed by atoms with Crippen LogP contribution in [0.2, 0.25) is 0 Å². The number of rotatable bonds is 9. The Hall–Kier alpha value is -3.35. The van der Waals surface area contributed by atoms with Crippen LogP contribution < -0.4 is 10.2 Å². The summed E-state index contributed by atoms with van der Waals surface area (Å²) < 4.78 is 19.5. The number of nitrogens with zero attached hydrogens (tertiary/aromatic N) is 1. The van der Waals surface area contributed by atoms with E-state index in [9.17, 15) is 14.0 Å². The number of unbranched alkanes of at least 4 members (excludes halogenated alkanes) is 2. The highest BCUT2D eigenvalue weighted by atomic mass is 19.1. The van der Waals surface area contributed by atoms with Crippen molar-refractivity contribution in [2.75, 3.05) is 25.6 Å². The summed E-state index contributed by atoms with van der Waals surface area (Å²) in [5, 5.41) is 11.9. The standard InChI is InChI=1S/C23H27FN2O4/c1-4-5-6-12-25-23(29)26(2)18-9-7-8-17(15-18)19-11-10-16(13-20(19)24)14-21(30-3)22(27)28/h7-11,13-15H,4-6,12H2,1-3H3,(H,25,29)(H,27,28)/b21-14+. The Balaban J connectivity index is 2.21. The first-order valence-corrected chi connectivity index (χ1v) is 9.78. The minimum absolute atomic E-state index is 0.218. The fourth-order valence-electron chi connectivity index (χ4n) is 2.90. The Bertz CT molecular complexity index is 927. The lowest BCUT2D eigenvalue weighted by Gasteiger charge is -2.19. The summed E-state index contributed by atoms with van der Waals surface area (Å²) in [7, 11) is 2.91. The molecule has 0 aliphatic heterocycles. The zero-order chi connectivity index (χ0) is 22.1. The minimum Gasteiger partial charge on any atom is -0.490 e. The maximum atomic E-state index is 14.7. The molecule has 7 heteroatoms. The van der Waals surface area contributed by atoms with Gasteiger partial charge in [0.1, 0.15) is 5.82 Å². The monoisotopic (exact) mass is 414 g/mol. The second-order valence-corrected chi connectivity index (χ2v) is 6.81. The van der Waals surface area contributed by atoms with Crippen LogP contribution in [0.15, 0.2) is 48.2 Å². The van der Waals surface area contributed by atoms with Gasteiger partial charge in [-0.05, 0) is 41.8 Å². The average Bonchev–Trinajstić information content (AvgIpc) is 2.74. The van der Waals surface area contributed by atoms with Gasteiger partial charge in [0.15, 0.2) is 0 Å². The van der Waals surface area contributed by atoms with Crippen molar-refractivity contribution in [2.45, 2.75) is 26.2 Å². The number of carboxylic acids is 1. The second kappa shape index (κ2) is 11.0. The van der Waals surface area contributed by atoms with Gasteiger partial charge in [0.2, 0.25) is 5.76 Å². The van der Waals surface area contributed by atoms with E-state index in [1.165, 1.54) is 24.2 Å². The molecule has 2 rings (SSSR count). The van der Waals surface area contributed by atoms with Crippen LogP contribution in [0.4, 0.5) is 14.9 Å². The van der Waals surface area contributed by atoms with Crippen molar-refractivity contribution in [3.8, 4) is 11.1 Å². The molecular weight excluding hydrogens is 387 g/mol. The molecule has 0 atom stereocenters. The van der Waals surface area contributed by atoms with E-state index in [1.807, 2.05) is 0 Å². The number of halogens is 1. The molecule has 0 spiro atoms. The minimum atomic E-state index is -1.23. The number of aliphatic carboxylic acids is 1. The summed E-state index contributed by atoms with van der Waals surface area (Å²) in [4.78, 5) is 24.9. The highest BCUT2D eigenvalue weighted by Crippen LogP contribution is 2.28. The molecule has 0 aliphatic carbocycles. The zero-order valence-electron chi connectivity index (χ0n) is 17.4. The summed E-state index contributed by atoms with van der Waals surface area (Å²) >= 11 is 0. The number of anilines is 1. The van der Waals surface area contributed by atoms with Crippen LogP contribution in [0.25, 0.3) is 17.2 Å². The largest absolute Gasteiger partial charge is 0.490 e. The molecule has 0 aliphatic rings. The van der Waals surface area contributed by atoms with Crippen molar-refractivity contribution in [1.29, 1.82) is 0 Å². The first-order valence-electron chi connectivity index (χ1n) is 9.78. The number of carbonyl (C=O) groups is 2. The lowest BCUT2D eigenvalue weighted by atomic mass is 10.0. The average molecular weight is 414 g/mol. The second-order valence-electron chi connectivity index (χ2n) is 6.81. The number of nitrogens with one attached hydrogen (secondary N) is 1. The topological polar surface area (TPSA) is 78.9 Å². The van der Waals surface area contributed by atoms with Gasteiger partial charge < -0.3 is 15.2 Å². The zero-order valence-corrected chi connectivity index (χ0v) is 17.4. The molecule has 0 aromatic heterocycles. The van der Waals surface area contributed by atoms with Crippen LogP contribution >= 0.6 is 0 Å². The Morgan fingerprint density at radius 1 is 1.20 bits per heavy atom. The van der Waals surface area contributed by atoms with Crippen LogP contribution in [0, 0.1) is 5.82 Å². The van der Waals surface area contributed by atoms with Gasteiger partial charge in [-0.25, -0.2) is 14.0 Å². The summed E-state index contributed by atoms with van der Waals surface area (Å²) in [5.41, 5.74) is 1.96. The fourth-order valence-corrected chi connectivity index (χ4v) is 2.90. The molecule has 2 aromatic carbocycles. The number of ether oxygens (including phenoxy) is 1. The van der Waals surface area contributed by atoms with E-state index < -0.39 is 11.8 Å². The number of benzene rings is 2. The number of carboxylic acid groups (broad SMARTS) is 1. The number of methoxy groups -OCH3 is 1. The molecule has 0 fully saturated rings. The molecule has 6 nitrogen and oxygen atoms in total. The van der Waals surface area contributed by atoms with E-state index in [2.05, 4.69) is 12.2 Å². The van der Waals surface area contributed by atoms with Crippen LogP contribution in [-0.2, 0) is 9.53 Å². The molecule has 30 heavy (non-hydrogen) atoms. The van der Waals surface area contributed by atoms with Gasteiger partial charge in [-0.15, -0.1) is 0 Å². The summed E-state index contributed by atoms with van der Waals surface area (Å²) in [6, 6.07) is 11.2. The highest BCUT2D eigenvalue weighted by molar-refractivity contribution is 5.92. The van der Waals surface area contributed by atoms with Gasteiger partial charge in [-0.1, -0.05) is 44.0 Å². The van der Waals surface area contributed by atoms with Gasteiger partial charge in [0, 0.05) is 24.8 Å². The van der Waals surface area contributed by atoms with E-state index in [-0.39, 0.29) is 11.8 Å². The molecule has 2 N–H and O–H groups in total. The van der Waals surface area contributed by atoms with Gasteiger partial charge in [-0.3, -0.25) is 4.90 Å². The number of carbonyl (C=O) groups excluding carboxylic acids is 1. The predicted octanol–water partition coefficient (Wildman–Crippen LogP) is 4.90. The summed E-state index contributed by atoms with van der Waals surface area (Å²) in [6.45, 7) is 2.71. The maximum Gasteiger partial charge on any atom is 0.371 e. The van der Waals surface area contributed by atoms with E-state index in [0.29, 0.717) is 28.9 Å². The Morgan fingerprint density at radius 3 is 2.60 bits per heavy atom. The van der Waals surface area contributed by atoms with Gasteiger partial charge >= 0.3 is 12.0 Å². The number of hydrogen-bond donors (Lipinski definition) is 2. The molecule has 0 saturated heterocycles. The van der Waals surface area contributed by atoms with E-state index in [0.717, 1.165) is 19.3 Å². The van der Waals surface area contributed by atoms with Crippen molar-refractivity contribution in [2.24, 2.45) is 0 Å². The molecule has 160 valence electrons. The summed E-state index contributed by atoms with van der Waals surface area (Å²) in [5.74, 6) is -2.02. The van der Waals surface area contributed by atoms with E-state index in [4.69, 9.17) is 9.84 Å². The molecular formula is C23H27FN2O4. The molecule has 0 unspecified atom stereocenters. The van der Waals surface area contributed by atoms with Crippen LogP contribution in [0.3, 0.4) is 0 Å². The van der Waals surface area contributed by atoms with Gasteiger partial charge in [0.05, 0.1) is 7.11 Å². The smallest absolute Gasteiger partial charge is 0.371 e. The third-order valence-corrected chi connectivity index (χ3v) is 4.63. The predicted molar refractivity (Wildman–Crippen MR) is 116 cm³/mol. The maximum absolute atomic E-state index is 14.7. The van der Waals surface area contributed by atoms with Crippen molar-refractivity contribution < 1.29 is 23.8 Å².